The van der Waals surface area contributed by atoms with E-state index in [1.807, 2.05) is 0 Å². The molecule has 1 aliphatic carbocycles. The largest absolute Gasteiger partial charge is 0.328 e. The molecule has 2 heteroatoms. The number of hydrogen-bond donors (Lipinski definition) is 2. The zero-order valence-electron chi connectivity index (χ0n) is 6.01. The molecule has 54 valence electrons. The van der Waals surface area contributed by atoms with Gasteiger partial charge in [0, 0.05) is 12.1 Å². The van der Waals surface area contributed by atoms with Crippen molar-refractivity contribution in [2.45, 2.75) is 38.3 Å². The molecule has 0 aromatic carbocycles. The predicted octanol–water partition coefficient (Wildman–Crippen LogP) is 0.461. The SMILES string of the molecule is C[C@@H]1CCC(N)C[C@H]1N. The minimum absolute atomic E-state index is 0.355. The van der Waals surface area contributed by atoms with Crippen molar-refractivity contribution >= 4 is 0 Å². The third-order valence-electron chi connectivity index (χ3n) is 2.30. The Morgan fingerprint density at radius 2 is 1.89 bits per heavy atom. The van der Waals surface area contributed by atoms with Crippen molar-refractivity contribution in [2.24, 2.45) is 17.4 Å². The Morgan fingerprint density at radius 3 is 2.33 bits per heavy atom. The van der Waals surface area contributed by atoms with Gasteiger partial charge in [-0.3, -0.25) is 0 Å². The van der Waals surface area contributed by atoms with E-state index in [0.29, 0.717) is 18.0 Å². The van der Waals surface area contributed by atoms with E-state index >= 15 is 0 Å². The van der Waals surface area contributed by atoms with Crippen LogP contribution in [0.1, 0.15) is 26.2 Å². The summed E-state index contributed by atoms with van der Waals surface area (Å²) < 4.78 is 0. The normalized spacial score (nSPS) is 45.0. The van der Waals surface area contributed by atoms with Crippen molar-refractivity contribution in [3.8, 4) is 0 Å². The zero-order valence-corrected chi connectivity index (χ0v) is 6.01. The topological polar surface area (TPSA) is 52.0 Å². The minimum atomic E-state index is 0.355. The molecule has 4 N–H and O–H groups in total. The number of hydrogen-bond acceptors (Lipinski definition) is 2. The Labute approximate surface area is 56.6 Å². The second-order valence-electron chi connectivity index (χ2n) is 3.21. The molecule has 0 aliphatic heterocycles. The molecule has 0 aromatic heterocycles. The molecule has 9 heavy (non-hydrogen) atoms. The third-order valence-corrected chi connectivity index (χ3v) is 2.30. The first-order chi connectivity index (χ1) is 4.20. The van der Waals surface area contributed by atoms with Gasteiger partial charge >= 0.3 is 0 Å². The van der Waals surface area contributed by atoms with Crippen molar-refractivity contribution < 1.29 is 0 Å². The summed E-state index contributed by atoms with van der Waals surface area (Å²) in [4.78, 5) is 0. The summed E-state index contributed by atoms with van der Waals surface area (Å²) in [6.45, 7) is 2.20. The van der Waals surface area contributed by atoms with E-state index in [9.17, 15) is 0 Å². The maximum absolute atomic E-state index is 5.79. The summed E-state index contributed by atoms with van der Waals surface area (Å²) in [6.07, 6.45) is 3.39. The molecular weight excluding hydrogens is 112 g/mol. The van der Waals surface area contributed by atoms with Gasteiger partial charge in [-0.25, -0.2) is 0 Å². The molecule has 1 fully saturated rings. The standard InChI is InChI=1S/C7H16N2/c1-5-2-3-6(8)4-7(5)9/h5-7H,2-4,8-9H2,1H3/t5-,6?,7-/m1/s1. The maximum atomic E-state index is 5.79. The molecular formula is C7H16N2. The Kier molecular flexibility index (Phi) is 2.09. The van der Waals surface area contributed by atoms with Crippen LogP contribution in [0.15, 0.2) is 0 Å². The van der Waals surface area contributed by atoms with E-state index in [0.717, 1.165) is 12.8 Å². The molecule has 0 spiro atoms. The first-order valence-corrected chi connectivity index (χ1v) is 3.71. The highest BCUT2D eigenvalue weighted by Gasteiger charge is 2.21. The van der Waals surface area contributed by atoms with Gasteiger partial charge in [-0.15, -0.1) is 0 Å². The molecule has 0 saturated heterocycles. The fourth-order valence-electron chi connectivity index (χ4n) is 1.39. The van der Waals surface area contributed by atoms with Crippen molar-refractivity contribution in [1.29, 1.82) is 0 Å². The van der Waals surface area contributed by atoms with Crippen LogP contribution in [0.5, 0.6) is 0 Å². The van der Waals surface area contributed by atoms with Gasteiger partial charge in [0.05, 0.1) is 0 Å². The van der Waals surface area contributed by atoms with Crippen molar-refractivity contribution in [3.63, 3.8) is 0 Å². The lowest BCUT2D eigenvalue weighted by atomic mass is 9.84. The minimum Gasteiger partial charge on any atom is -0.328 e. The summed E-state index contributed by atoms with van der Waals surface area (Å²) in [5, 5.41) is 0. The number of rotatable bonds is 0. The Hall–Kier alpha value is -0.0800. The highest BCUT2D eigenvalue weighted by atomic mass is 14.7. The van der Waals surface area contributed by atoms with E-state index in [-0.39, 0.29) is 0 Å². The summed E-state index contributed by atoms with van der Waals surface area (Å²) in [7, 11) is 0. The molecule has 1 saturated carbocycles. The van der Waals surface area contributed by atoms with Crippen LogP contribution in [-0.2, 0) is 0 Å². The average molecular weight is 128 g/mol. The monoisotopic (exact) mass is 128 g/mol. The summed E-state index contributed by atoms with van der Waals surface area (Å²) >= 11 is 0. The highest BCUT2D eigenvalue weighted by Crippen LogP contribution is 2.20. The van der Waals surface area contributed by atoms with E-state index in [2.05, 4.69) is 6.92 Å². The van der Waals surface area contributed by atoms with Gasteiger partial charge in [-0.05, 0) is 25.2 Å². The van der Waals surface area contributed by atoms with Gasteiger partial charge in [0.25, 0.3) is 0 Å². The van der Waals surface area contributed by atoms with Crippen LogP contribution in [0.3, 0.4) is 0 Å². The van der Waals surface area contributed by atoms with Crippen LogP contribution in [0.4, 0.5) is 0 Å². The maximum Gasteiger partial charge on any atom is 0.00792 e. The van der Waals surface area contributed by atoms with Gasteiger partial charge in [-0.1, -0.05) is 6.92 Å². The van der Waals surface area contributed by atoms with Crippen LogP contribution in [-0.4, -0.2) is 12.1 Å². The molecule has 1 rings (SSSR count). The predicted molar refractivity (Wildman–Crippen MR) is 39.0 cm³/mol. The smallest absolute Gasteiger partial charge is 0.00792 e. The van der Waals surface area contributed by atoms with Gasteiger partial charge < -0.3 is 11.5 Å². The number of nitrogens with two attached hydrogens (primary N) is 2. The van der Waals surface area contributed by atoms with Crippen LogP contribution in [0, 0.1) is 5.92 Å². The molecule has 3 atom stereocenters. The van der Waals surface area contributed by atoms with Crippen LogP contribution < -0.4 is 11.5 Å². The van der Waals surface area contributed by atoms with Crippen molar-refractivity contribution in [2.75, 3.05) is 0 Å². The van der Waals surface area contributed by atoms with E-state index in [4.69, 9.17) is 11.5 Å². The molecule has 0 aromatic rings. The molecule has 0 amide bonds. The van der Waals surface area contributed by atoms with Crippen LogP contribution in [0.2, 0.25) is 0 Å². The van der Waals surface area contributed by atoms with Gasteiger partial charge in [0.1, 0.15) is 0 Å². The fraction of sp³-hybridized carbons (Fsp3) is 1.00. The first-order valence-electron chi connectivity index (χ1n) is 3.71. The second-order valence-corrected chi connectivity index (χ2v) is 3.21. The molecule has 2 nitrogen and oxygen atoms in total. The molecule has 1 unspecified atom stereocenters. The van der Waals surface area contributed by atoms with E-state index < -0.39 is 0 Å². The third kappa shape index (κ3) is 1.66. The summed E-state index contributed by atoms with van der Waals surface area (Å²) in [5.41, 5.74) is 11.5. The quantitative estimate of drug-likeness (QED) is 0.498. The van der Waals surface area contributed by atoms with Gasteiger partial charge in [-0.2, -0.15) is 0 Å². The van der Waals surface area contributed by atoms with Crippen LogP contribution >= 0.6 is 0 Å². The van der Waals surface area contributed by atoms with Crippen molar-refractivity contribution in [3.05, 3.63) is 0 Å². The second kappa shape index (κ2) is 2.67. The molecule has 0 heterocycles. The first kappa shape index (κ1) is 7.03. The van der Waals surface area contributed by atoms with Crippen molar-refractivity contribution in [1.82, 2.24) is 0 Å². The summed E-state index contributed by atoms with van der Waals surface area (Å²) in [6, 6.07) is 0.727. The Balaban J connectivity index is 2.35. The molecule has 0 radical (unpaired) electrons. The van der Waals surface area contributed by atoms with Gasteiger partial charge in [0.15, 0.2) is 0 Å². The van der Waals surface area contributed by atoms with E-state index in [1.54, 1.807) is 0 Å². The summed E-state index contributed by atoms with van der Waals surface area (Å²) in [5.74, 6) is 0.685. The molecule has 1 aliphatic rings. The lowest BCUT2D eigenvalue weighted by molar-refractivity contribution is 0.301. The lowest BCUT2D eigenvalue weighted by Crippen LogP contribution is -2.40. The van der Waals surface area contributed by atoms with Crippen LogP contribution in [0.25, 0.3) is 0 Å². The fourth-order valence-corrected chi connectivity index (χ4v) is 1.39. The molecule has 0 bridgehead atoms. The van der Waals surface area contributed by atoms with Gasteiger partial charge in [0.2, 0.25) is 0 Å². The highest BCUT2D eigenvalue weighted by molar-refractivity contribution is 4.81. The zero-order chi connectivity index (χ0) is 6.85. The Morgan fingerprint density at radius 1 is 1.22 bits per heavy atom. The van der Waals surface area contributed by atoms with E-state index in [1.165, 1.54) is 6.42 Å². The Bertz CT molecular complexity index is 92.9. The lowest BCUT2D eigenvalue weighted by Gasteiger charge is -2.29. The average Bonchev–Trinajstić information content (AvgIpc) is 1.80.